The Balaban J connectivity index is 2.04. The van der Waals surface area contributed by atoms with Crippen molar-refractivity contribution < 1.29 is 4.74 Å². The summed E-state index contributed by atoms with van der Waals surface area (Å²) in [6.45, 7) is 8.99. The van der Waals surface area contributed by atoms with Gasteiger partial charge in [-0.05, 0) is 23.7 Å². The van der Waals surface area contributed by atoms with E-state index in [1.54, 1.807) is 6.20 Å². The first-order valence-corrected chi connectivity index (χ1v) is 10.4. The number of aromatic nitrogens is 2. The van der Waals surface area contributed by atoms with Crippen LogP contribution in [0.3, 0.4) is 0 Å². The van der Waals surface area contributed by atoms with Crippen molar-refractivity contribution in [1.82, 2.24) is 9.97 Å². The third kappa shape index (κ3) is 3.65. The van der Waals surface area contributed by atoms with Crippen molar-refractivity contribution in [3.05, 3.63) is 29.6 Å². The Morgan fingerprint density at radius 1 is 1.37 bits per heavy atom. The van der Waals surface area contributed by atoms with Crippen LogP contribution in [0.4, 0.5) is 0 Å². The fourth-order valence-corrected chi connectivity index (χ4v) is 2.80. The summed E-state index contributed by atoms with van der Waals surface area (Å²) in [5.74, 6) is 0. The molecule has 0 saturated carbocycles. The van der Waals surface area contributed by atoms with Gasteiger partial charge in [0.2, 0.25) is 0 Å². The van der Waals surface area contributed by atoms with Crippen LogP contribution in [0.2, 0.25) is 25.7 Å². The molecule has 2 aromatic heterocycles. The number of aromatic amines is 1. The smallest absolute Gasteiger partial charge is 0.137 e. The minimum absolute atomic E-state index is 0.512. The van der Waals surface area contributed by atoms with Gasteiger partial charge in [-0.1, -0.05) is 19.6 Å². The molecule has 0 aliphatic heterocycles. The summed E-state index contributed by atoms with van der Waals surface area (Å²) in [4.78, 5) is 7.63. The molecular weight excluding hydrogens is 254 g/mol. The molecular formula is C14H23N3OSi. The molecule has 104 valence electrons. The third-order valence-electron chi connectivity index (χ3n) is 3.21. The van der Waals surface area contributed by atoms with Crippen LogP contribution < -0.4 is 5.73 Å². The molecule has 2 aromatic rings. The molecule has 0 aliphatic carbocycles. The Hall–Kier alpha value is -1.17. The second-order valence-electron chi connectivity index (χ2n) is 6.05. The summed E-state index contributed by atoms with van der Waals surface area (Å²) in [6, 6.07) is 5.17. The van der Waals surface area contributed by atoms with Crippen LogP contribution in [0.5, 0.6) is 0 Å². The lowest BCUT2D eigenvalue weighted by Gasteiger charge is -2.15. The Bertz CT molecular complexity index is 545. The van der Waals surface area contributed by atoms with Gasteiger partial charge in [0.1, 0.15) is 5.65 Å². The molecule has 4 nitrogen and oxygen atoms in total. The first-order chi connectivity index (χ1) is 9.01. The fourth-order valence-electron chi connectivity index (χ4n) is 2.04. The minimum atomic E-state index is -1.02. The topological polar surface area (TPSA) is 63.9 Å². The summed E-state index contributed by atoms with van der Waals surface area (Å²) < 4.78 is 5.79. The molecule has 5 heteroatoms. The second-order valence-corrected chi connectivity index (χ2v) is 11.7. The number of nitrogens with two attached hydrogens (primary N) is 1. The van der Waals surface area contributed by atoms with Crippen LogP contribution in [0.1, 0.15) is 11.3 Å². The van der Waals surface area contributed by atoms with Gasteiger partial charge in [-0.2, -0.15) is 0 Å². The molecule has 0 aromatic carbocycles. The maximum absolute atomic E-state index is 5.84. The largest absolute Gasteiger partial charge is 0.376 e. The predicted molar refractivity (Wildman–Crippen MR) is 81.8 cm³/mol. The Morgan fingerprint density at radius 3 is 2.84 bits per heavy atom. The van der Waals surface area contributed by atoms with Gasteiger partial charge < -0.3 is 15.5 Å². The summed E-state index contributed by atoms with van der Waals surface area (Å²) in [5, 5.41) is 1.11. The molecule has 0 unspecified atom stereocenters. The summed E-state index contributed by atoms with van der Waals surface area (Å²) in [6.07, 6.45) is 1.79. The fraction of sp³-hybridized carbons (Fsp3) is 0.500. The lowest BCUT2D eigenvalue weighted by Crippen LogP contribution is -2.21. The zero-order chi connectivity index (χ0) is 13.9. The number of nitrogens with one attached hydrogen (secondary N) is 1. The monoisotopic (exact) mass is 277 g/mol. The van der Waals surface area contributed by atoms with E-state index in [-0.39, 0.29) is 0 Å². The molecule has 0 fully saturated rings. The standard InChI is InChI=1S/C14H23N3OSi/c1-19(2,3)8-7-18-10-13-12(9-15)11-5-4-6-16-14(11)17-13/h4-6H,7-10,15H2,1-3H3,(H,16,17). The highest BCUT2D eigenvalue weighted by molar-refractivity contribution is 6.76. The number of ether oxygens (including phenoxy) is 1. The molecule has 0 atom stereocenters. The molecule has 0 radical (unpaired) electrons. The van der Waals surface area contributed by atoms with E-state index in [0.29, 0.717) is 13.2 Å². The van der Waals surface area contributed by atoms with Crippen LogP contribution in [0, 0.1) is 0 Å². The number of hydrogen-bond acceptors (Lipinski definition) is 3. The van der Waals surface area contributed by atoms with Crippen molar-refractivity contribution in [2.24, 2.45) is 5.73 Å². The Kier molecular flexibility index (Phi) is 4.39. The molecule has 3 N–H and O–H groups in total. The molecule has 0 saturated heterocycles. The predicted octanol–water partition coefficient (Wildman–Crippen LogP) is 2.88. The van der Waals surface area contributed by atoms with E-state index in [4.69, 9.17) is 10.5 Å². The summed E-state index contributed by atoms with van der Waals surface area (Å²) >= 11 is 0. The Labute approximate surface area is 115 Å². The van der Waals surface area contributed by atoms with Crippen molar-refractivity contribution in [1.29, 1.82) is 0 Å². The Morgan fingerprint density at radius 2 is 2.16 bits per heavy atom. The highest BCUT2D eigenvalue weighted by Gasteiger charge is 2.14. The van der Waals surface area contributed by atoms with Gasteiger partial charge in [0.25, 0.3) is 0 Å². The number of fused-ring (bicyclic) bond motifs is 1. The SMILES string of the molecule is C[Si](C)(C)CCOCc1[nH]c2ncccc2c1CN. The number of rotatable bonds is 6. The number of nitrogens with zero attached hydrogens (tertiary/aromatic N) is 1. The van der Waals surface area contributed by atoms with Crippen LogP contribution in [-0.2, 0) is 17.9 Å². The zero-order valence-corrected chi connectivity index (χ0v) is 13.0. The van der Waals surface area contributed by atoms with Crippen LogP contribution in [0.25, 0.3) is 11.0 Å². The van der Waals surface area contributed by atoms with Crippen LogP contribution in [0.15, 0.2) is 18.3 Å². The zero-order valence-electron chi connectivity index (χ0n) is 12.0. The lowest BCUT2D eigenvalue weighted by molar-refractivity contribution is 0.130. The molecule has 2 heterocycles. The van der Waals surface area contributed by atoms with Gasteiger partial charge in [0.05, 0.1) is 6.61 Å². The quantitative estimate of drug-likeness (QED) is 0.630. The maximum atomic E-state index is 5.84. The molecule has 0 spiro atoms. The van der Waals surface area contributed by atoms with Crippen LogP contribution >= 0.6 is 0 Å². The summed E-state index contributed by atoms with van der Waals surface area (Å²) in [5.41, 5.74) is 8.92. The van der Waals surface area contributed by atoms with Gasteiger partial charge in [0, 0.05) is 38.5 Å². The molecule has 19 heavy (non-hydrogen) atoms. The average Bonchev–Trinajstić information content (AvgIpc) is 2.71. The van der Waals surface area contributed by atoms with Gasteiger partial charge in [-0.15, -0.1) is 0 Å². The number of pyridine rings is 1. The van der Waals surface area contributed by atoms with Gasteiger partial charge in [0.15, 0.2) is 0 Å². The molecule has 0 bridgehead atoms. The highest BCUT2D eigenvalue weighted by Crippen LogP contribution is 2.21. The van der Waals surface area contributed by atoms with E-state index in [1.807, 2.05) is 12.1 Å². The normalized spacial score (nSPS) is 12.2. The van der Waals surface area contributed by atoms with Crippen molar-refractivity contribution >= 4 is 19.1 Å². The second kappa shape index (κ2) is 5.86. The maximum Gasteiger partial charge on any atom is 0.137 e. The molecule has 0 aliphatic rings. The van der Waals surface area contributed by atoms with E-state index >= 15 is 0 Å². The molecule has 0 amide bonds. The van der Waals surface area contributed by atoms with Crippen molar-refractivity contribution in [2.45, 2.75) is 38.8 Å². The van der Waals surface area contributed by atoms with Crippen LogP contribution in [-0.4, -0.2) is 24.6 Å². The minimum Gasteiger partial charge on any atom is -0.376 e. The van der Waals surface area contributed by atoms with E-state index in [1.165, 1.54) is 6.04 Å². The van der Waals surface area contributed by atoms with E-state index in [0.717, 1.165) is 28.9 Å². The van der Waals surface area contributed by atoms with Gasteiger partial charge >= 0.3 is 0 Å². The van der Waals surface area contributed by atoms with Crippen molar-refractivity contribution in [2.75, 3.05) is 6.61 Å². The lowest BCUT2D eigenvalue weighted by atomic mass is 10.2. The number of hydrogen-bond donors (Lipinski definition) is 2. The summed E-state index contributed by atoms with van der Waals surface area (Å²) in [7, 11) is -1.02. The highest BCUT2D eigenvalue weighted by atomic mass is 28.3. The third-order valence-corrected chi connectivity index (χ3v) is 4.92. The van der Waals surface area contributed by atoms with E-state index in [2.05, 4.69) is 29.6 Å². The van der Waals surface area contributed by atoms with E-state index < -0.39 is 8.07 Å². The first-order valence-electron chi connectivity index (χ1n) is 6.73. The first kappa shape index (κ1) is 14.2. The number of H-pyrrole nitrogens is 1. The molecule has 2 rings (SSSR count). The van der Waals surface area contributed by atoms with Crippen molar-refractivity contribution in [3.8, 4) is 0 Å². The average molecular weight is 277 g/mol. The van der Waals surface area contributed by atoms with Gasteiger partial charge in [-0.3, -0.25) is 0 Å². The van der Waals surface area contributed by atoms with Gasteiger partial charge in [-0.25, -0.2) is 4.98 Å². The van der Waals surface area contributed by atoms with E-state index in [9.17, 15) is 0 Å². The van der Waals surface area contributed by atoms with Crippen molar-refractivity contribution in [3.63, 3.8) is 0 Å².